The van der Waals surface area contributed by atoms with Crippen molar-refractivity contribution in [1.29, 1.82) is 0 Å². The predicted octanol–water partition coefficient (Wildman–Crippen LogP) is 4.17. The summed E-state index contributed by atoms with van der Waals surface area (Å²) in [5.74, 6) is 1.74. The van der Waals surface area contributed by atoms with Gasteiger partial charge in [-0.3, -0.25) is 4.98 Å². The molecule has 4 heteroatoms. The predicted molar refractivity (Wildman–Crippen MR) is 104 cm³/mol. The first kappa shape index (κ1) is 18.0. The summed E-state index contributed by atoms with van der Waals surface area (Å²) in [5, 5.41) is 3.65. The summed E-state index contributed by atoms with van der Waals surface area (Å²) < 4.78 is 10.5. The minimum atomic E-state index is 0.189. The maximum atomic E-state index is 5.28. The van der Waals surface area contributed by atoms with E-state index in [1.165, 1.54) is 16.7 Å². The Balaban J connectivity index is 1.77. The van der Waals surface area contributed by atoms with Crippen molar-refractivity contribution in [3.63, 3.8) is 0 Å². The van der Waals surface area contributed by atoms with Crippen LogP contribution in [0.3, 0.4) is 0 Å². The summed E-state index contributed by atoms with van der Waals surface area (Å²) in [4.78, 5) is 4.19. The number of nitrogens with zero attached hydrogens (tertiary/aromatic N) is 1. The molecular formula is C22H24N2O2. The first-order valence-corrected chi connectivity index (χ1v) is 8.67. The largest absolute Gasteiger partial charge is 0.497 e. The zero-order valence-electron chi connectivity index (χ0n) is 15.2. The van der Waals surface area contributed by atoms with E-state index in [1.807, 2.05) is 36.5 Å². The molecule has 0 bridgehead atoms. The second-order valence-corrected chi connectivity index (χ2v) is 6.12. The summed E-state index contributed by atoms with van der Waals surface area (Å²) in [6, 6.07) is 20.7. The summed E-state index contributed by atoms with van der Waals surface area (Å²) in [5.41, 5.74) is 3.65. The van der Waals surface area contributed by atoms with Gasteiger partial charge >= 0.3 is 0 Å². The third-order valence-electron chi connectivity index (χ3n) is 4.39. The van der Waals surface area contributed by atoms with Gasteiger partial charge in [-0.15, -0.1) is 0 Å². The average molecular weight is 348 g/mol. The third kappa shape index (κ3) is 4.83. The van der Waals surface area contributed by atoms with Gasteiger partial charge in [0.15, 0.2) is 0 Å². The molecule has 0 spiro atoms. The standard InChI is InChI=1S/C22H24N2O2/c1-25-20-9-5-17(6-10-20)14-22(19-7-11-21(26-2)12-8-19)24-16-18-4-3-13-23-15-18/h3-13,15,22,24H,14,16H2,1-2H3/t22-/m0/s1. The van der Waals surface area contributed by atoms with E-state index in [4.69, 9.17) is 9.47 Å². The number of pyridine rings is 1. The molecule has 1 N–H and O–H groups in total. The molecule has 0 fully saturated rings. The van der Waals surface area contributed by atoms with Gasteiger partial charge in [0.2, 0.25) is 0 Å². The minimum absolute atomic E-state index is 0.189. The molecule has 0 aliphatic rings. The molecule has 2 aromatic carbocycles. The number of hydrogen-bond acceptors (Lipinski definition) is 4. The topological polar surface area (TPSA) is 43.4 Å². The molecule has 1 atom stereocenters. The van der Waals surface area contributed by atoms with Gasteiger partial charge in [0.25, 0.3) is 0 Å². The van der Waals surface area contributed by atoms with E-state index < -0.39 is 0 Å². The van der Waals surface area contributed by atoms with Crippen molar-refractivity contribution in [2.24, 2.45) is 0 Å². The van der Waals surface area contributed by atoms with Crippen molar-refractivity contribution in [2.45, 2.75) is 19.0 Å². The number of ether oxygens (including phenoxy) is 2. The highest BCUT2D eigenvalue weighted by Crippen LogP contribution is 2.23. The lowest BCUT2D eigenvalue weighted by atomic mass is 9.98. The lowest BCUT2D eigenvalue weighted by Crippen LogP contribution is -2.23. The van der Waals surface area contributed by atoms with E-state index in [-0.39, 0.29) is 6.04 Å². The van der Waals surface area contributed by atoms with Gasteiger partial charge in [-0.05, 0) is 53.4 Å². The Morgan fingerprint density at radius 3 is 2.08 bits per heavy atom. The van der Waals surface area contributed by atoms with Gasteiger partial charge in [0.05, 0.1) is 14.2 Å². The van der Waals surface area contributed by atoms with Crippen molar-refractivity contribution in [3.8, 4) is 11.5 Å². The maximum absolute atomic E-state index is 5.28. The number of rotatable bonds is 8. The van der Waals surface area contributed by atoms with Crippen molar-refractivity contribution >= 4 is 0 Å². The molecule has 26 heavy (non-hydrogen) atoms. The van der Waals surface area contributed by atoms with E-state index in [9.17, 15) is 0 Å². The lowest BCUT2D eigenvalue weighted by Gasteiger charge is -2.20. The van der Waals surface area contributed by atoms with Crippen LogP contribution in [0, 0.1) is 0 Å². The van der Waals surface area contributed by atoms with E-state index >= 15 is 0 Å². The van der Waals surface area contributed by atoms with E-state index in [1.54, 1.807) is 20.4 Å². The summed E-state index contributed by atoms with van der Waals surface area (Å²) in [6.45, 7) is 0.765. The van der Waals surface area contributed by atoms with Crippen molar-refractivity contribution in [2.75, 3.05) is 14.2 Å². The van der Waals surface area contributed by atoms with Crippen LogP contribution in [0.5, 0.6) is 11.5 Å². The fourth-order valence-electron chi connectivity index (χ4n) is 2.89. The molecule has 3 rings (SSSR count). The van der Waals surface area contributed by atoms with E-state index in [0.29, 0.717) is 0 Å². The second kappa shape index (κ2) is 9.02. The van der Waals surface area contributed by atoms with Crippen LogP contribution in [0.15, 0.2) is 73.1 Å². The van der Waals surface area contributed by atoms with Crippen molar-refractivity contribution in [1.82, 2.24) is 10.3 Å². The molecule has 0 amide bonds. The Hall–Kier alpha value is -2.85. The van der Waals surface area contributed by atoms with Gasteiger partial charge in [0, 0.05) is 25.0 Å². The summed E-state index contributed by atoms with van der Waals surface area (Å²) in [6.07, 6.45) is 4.57. The van der Waals surface area contributed by atoms with Crippen molar-refractivity contribution in [3.05, 3.63) is 89.7 Å². The van der Waals surface area contributed by atoms with Gasteiger partial charge in [-0.25, -0.2) is 0 Å². The van der Waals surface area contributed by atoms with Crippen LogP contribution in [-0.4, -0.2) is 19.2 Å². The van der Waals surface area contributed by atoms with Gasteiger partial charge in [-0.1, -0.05) is 30.3 Å². The highest BCUT2D eigenvalue weighted by atomic mass is 16.5. The SMILES string of the molecule is COc1ccc(C[C@H](NCc2cccnc2)c2ccc(OC)cc2)cc1. The number of benzene rings is 2. The molecule has 0 aliphatic heterocycles. The van der Waals surface area contributed by atoms with Crippen LogP contribution in [0.1, 0.15) is 22.7 Å². The number of methoxy groups -OCH3 is 2. The number of nitrogens with one attached hydrogen (secondary N) is 1. The van der Waals surface area contributed by atoms with Crippen LogP contribution in [-0.2, 0) is 13.0 Å². The van der Waals surface area contributed by atoms with Gasteiger partial charge in [-0.2, -0.15) is 0 Å². The molecule has 4 nitrogen and oxygen atoms in total. The number of aromatic nitrogens is 1. The van der Waals surface area contributed by atoms with Gasteiger partial charge < -0.3 is 14.8 Å². The first-order chi connectivity index (χ1) is 12.8. The zero-order valence-corrected chi connectivity index (χ0v) is 15.2. The third-order valence-corrected chi connectivity index (χ3v) is 4.39. The average Bonchev–Trinajstić information content (AvgIpc) is 2.72. The normalized spacial score (nSPS) is 11.8. The highest BCUT2D eigenvalue weighted by molar-refractivity contribution is 5.32. The summed E-state index contributed by atoms with van der Waals surface area (Å²) in [7, 11) is 3.37. The second-order valence-electron chi connectivity index (χ2n) is 6.12. The van der Waals surface area contributed by atoms with Crippen molar-refractivity contribution < 1.29 is 9.47 Å². The van der Waals surface area contributed by atoms with Crippen LogP contribution >= 0.6 is 0 Å². The van der Waals surface area contributed by atoms with Crippen LogP contribution in [0.2, 0.25) is 0 Å². The summed E-state index contributed by atoms with van der Waals surface area (Å²) >= 11 is 0. The molecular weight excluding hydrogens is 324 g/mol. The maximum Gasteiger partial charge on any atom is 0.118 e. The van der Waals surface area contributed by atoms with E-state index in [0.717, 1.165) is 24.5 Å². The molecule has 3 aromatic rings. The van der Waals surface area contributed by atoms with E-state index in [2.05, 4.69) is 40.6 Å². The fourth-order valence-corrected chi connectivity index (χ4v) is 2.89. The molecule has 1 heterocycles. The Morgan fingerprint density at radius 1 is 0.846 bits per heavy atom. The molecule has 0 radical (unpaired) electrons. The monoisotopic (exact) mass is 348 g/mol. The first-order valence-electron chi connectivity index (χ1n) is 8.67. The van der Waals surface area contributed by atoms with Crippen LogP contribution < -0.4 is 14.8 Å². The van der Waals surface area contributed by atoms with Crippen LogP contribution in [0.25, 0.3) is 0 Å². The number of hydrogen-bond donors (Lipinski definition) is 1. The lowest BCUT2D eigenvalue weighted by molar-refractivity contribution is 0.414. The van der Waals surface area contributed by atoms with Crippen LogP contribution in [0.4, 0.5) is 0 Å². The molecule has 1 aromatic heterocycles. The Bertz CT molecular complexity index is 787. The quantitative estimate of drug-likeness (QED) is 0.663. The minimum Gasteiger partial charge on any atom is -0.497 e. The van der Waals surface area contributed by atoms with Gasteiger partial charge in [0.1, 0.15) is 11.5 Å². The molecule has 0 saturated carbocycles. The molecule has 0 saturated heterocycles. The Labute approximate surface area is 154 Å². The Morgan fingerprint density at radius 2 is 1.50 bits per heavy atom. The fraction of sp³-hybridized carbons (Fsp3) is 0.227. The zero-order chi connectivity index (χ0) is 18.2. The highest BCUT2D eigenvalue weighted by Gasteiger charge is 2.13. The molecule has 0 unspecified atom stereocenters. The Kier molecular flexibility index (Phi) is 6.23. The molecule has 0 aliphatic carbocycles. The smallest absolute Gasteiger partial charge is 0.118 e. The molecule has 134 valence electrons.